The first-order valence-electron chi connectivity index (χ1n) is 7.41. The van der Waals surface area contributed by atoms with Crippen molar-refractivity contribution in [3.8, 4) is 0 Å². The van der Waals surface area contributed by atoms with Crippen molar-refractivity contribution >= 4 is 44.7 Å². The third-order valence-corrected chi connectivity index (χ3v) is 4.81. The number of rotatable bonds is 4. The van der Waals surface area contributed by atoms with Crippen LogP contribution in [0.1, 0.15) is 17.0 Å². The summed E-state index contributed by atoms with van der Waals surface area (Å²) >= 11 is 1.50. The summed E-state index contributed by atoms with van der Waals surface area (Å²) in [5.41, 5.74) is 3.38. The number of nitrogens with zero attached hydrogens (tertiary/aromatic N) is 3. The van der Waals surface area contributed by atoms with Gasteiger partial charge in [-0.1, -0.05) is 18.2 Å². The molecule has 0 aliphatic rings. The minimum Gasteiger partial charge on any atom is -0.481 e. The molecule has 1 aromatic carbocycles. The minimum atomic E-state index is -0.878. The SMILES string of the molecule is O=C(O)C/C(=C\c1cnn2ccccc12)c1nc2ccccc2s1. The first kappa shape index (κ1) is 14.6. The number of para-hydroxylation sites is 1. The van der Waals surface area contributed by atoms with E-state index in [9.17, 15) is 9.90 Å². The molecule has 3 aromatic heterocycles. The van der Waals surface area contributed by atoms with Crippen molar-refractivity contribution in [3.63, 3.8) is 0 Å². The Morgan fingerprint density at radius 1 is 1.21 bits per heavy atom. The van der Waals surface area contributed by atoms with Gasteiger partial charge < -0.3 is 5.11 Å². The van der Waals surface area contributed by atoms with Gasteiger partial charge in [-0.05, 0) is 35.9 Å². The fourth-order valence-corrected chi connectivity index (χ4v) is 3.59. The molecule has 5 nitrogen and oxygen atoms in total. The van der Waals surface area contributed by atoms with Gasteiger partial charge in [-0.25, -0.2) is 9.50 Å². The van der Waals surface area contributed by atoms with E-state index >= 15 is 0 Å². The van der Waals surface area contributed by atoms with Crippen LogP contribution in [0, 0.1) is 0 Å². The molecule has 3 heterocycles. The lowest BCUT2D eigenvalue weighted by molar-refractivity contribution is -0.135. The number of carboxylic acids is 1. The van der Waals surface area contributed by atoms with Crippen LogP contribution in [0.4, 0.5) is 0 Å². The first-order valence-corrected chi connectivity index (χ1v) is 8.23. The van der Waals surface area contributed by atoms with E-state index < -0.39 is 5.97 Å². The van der Waals surface area contributed by atoms with Crippen LogP contribution in [-0.2, 0) is 4.79 Å². The molecule has 4 aromatic rings. The summed E-state index contributed by atoms with van der Waals surface area (Å²) in [6.07, 6.45) is 5.39. The Morgan fingerprint density at radius 3 is 2.88 bits per heavy atom. The molecule has 0 bridgehead atoms. The Kier molecular flexibility index (Phi) is 3.59. The van der Waals surface area contributed by atoms with Gasteiger partial charge in [-0.15, -0.1) is 11.3 Å². The predicted octanol–water partition coefficient (Wildman–Crippen LogP) is 3.96. The number of pyridine rings is 1. The fraction of sp³-hybridized carbons (Fsp3) is 0.0556. The second-order valence-corrected chi connectivity index (χ2v) is 6.39. The van der Waals surface area contributed by atoms with Gasteiger partial charge in [-0.3, -0.25) is 4.79 Å². The molecule has 24 heavy (non-hydrogen) atoms. The standard InChI is InChI=1S/C18H13N3O2S/c22-17(23)10-12(18-20-14-5-1-2-7-16(14)24-18)9-13-11-19-21-8-4-3-6-15(13)21/h1-9,11H,10H2,(H,22,23)/b12-9+. The lowest BCUT2D eigenvalue weighted by Crippen LogP contribution is -1.96. The number of carbonyl (C=O) groups is 1. The zero-order chi connectivity index (χ0) is 16.5. The van der Waals surface area contributed by atoms with E-state index in [0.29, 0.717) is 5.57 Å². The highest BCUT2D eigenvalue weighted by Gasteiger charge is 2.13. The highest BCUT2D eigenvalue weighted by atomic mass is 32.1. The summed E-state index contributed by atoms with van der Waals surface area (Å²) in [6, 6.07) is 13.6. The van der Waals surface area contributed by atoms with Gasteiger partial charge in [0.15, 0.2) is 0 Å². The van der Waals surface area contributed by atoms with Crippen molar-refractivity contribution < 1.29 is 9.90 Å². The first-order chi connectivity index (χ1) is 11.7. The average Bonchev–Trinajstić information content (AvgIpc) is 3.18. The molecule has 0 saturated heterocycles. The summed E-state index contributed by atoms with van der Waals surface area (Å²) in [7, 11) is 0. The van der Waals surface area contributed by atoms with Crippen molar-refractivity contribution in [2.24, 2.45) is 0 Å². The maximum absolute atomic E-state index is 11.3. The van der Waals surface area contributed by atoms with E-state index in [1.165, 1.54) is 11.3 Å². The monoisotopic (exact) mass is 335 g/mol. The number of hydrogen-bond donors (Lipinski definition) is 1. The maximum atomic E-state index is 11.3. The average molecular weight is 335 g/mol. The van der Waals surface area contributed by atoms with Crippen LogP contribution in [0.25, 0.3) is 27.4 Å². The molecular formula is C18H13N3O2S. The zero-order valence-corrected chi connectivity index (χ0v) is 13.4. The Morgan fingerprint density at radius 2 is 2.04 bits per heavy atom. The van der Waals surface area contributed by atoms with Gasteiger partial charge in [-0.2, -0.15) is 5.10 Å². The number of thiazole rings is 1. The number of aromatic nitrogens is 3. The smallest absolute Gasteiger partial charge is 0.307 e. The fourth-order valence-electron chi connectivity index (χ4n) is 2.61. The zero-order valence-electron chi connectivity index (χ0n) is 12.6. The quantitative estimate of drug-likeness (QED) is 0.613. The largest absolute Gasteiger partial charge is 0.481 e. The summed E-state index contributed by atoms with van der Waals surface area (Å²) in [5, 5.41) is 14.3. The molecular weight excluding hydrogens is 322 g/mol. The van der Waals surface area contributed by atoms with Crippen molar-refractivity contribution in [1.82, 2.24) is 14.6 Å². The topological polar surface area (TPSA) is 67.5 Å². The highest BCUT2D eigenvalue weighted by molar-refractivity contribution is 7.19. The predicted molar refractivity (Wildman–Crippen MR) is 94.9 cm³/mol. The van der Waals surface area contributed by atoms with Gasteiger partial charge >= 0.3 is 5.97 Å². The third kappa shape index (κ3) is 2.68. The molecule has 0 aliphatic carbocycles. The Bertz CT molecular complexity index is 1040. The van der Waals surface area contributed by atoms with Crippen LogP contribution in [0.5, 0.6) is 0 Å². The van der Waals surface area contributed by atoms with Crippen LogP contribution in [0.3, 0.4) is 0 Å². The molecule has 0 spiro atoms. The number of benzene rings is 1. The van der Waals surface area contributed by atoms with Crippen LogP contribution >= 0.6 is 11.3 Å². The van der Waals surface area contributed by atoms with E-state index in [4.69, 9.17) is 0 Å². The number of carboxylic acid groups (broad SMARTS) is 1. The molecule has 0 saturated carbocycles. The number of hydrogen-bond acceptors (Lipinski definition) is 4. The van der Waals surface area contributed by atoms with E-state index in [-0.39, 0.29) is 6.42 Å². The number of fused-ring (bicyclic) bond motifs is 2. The molecule has 0 unspecified atom stereocenters. The van der Waals surface area contributed by atoms with Gasteiger partial charge in [0.1, 0.15) is 5.01 Å². The molecule has 4 rings (SSSR count). The minimum absolute atomic E-state index is 0.0794. The van der Waals surface area contributed by atoms with Crippen molar-refractivity contribution in [2.45, 2.75) is 6.42 Å². The van der Waals surface area contributed by atoms with Crippen LogP contribution in [0.15, 0.2) is 54.9 Å². The highest BCUT2D eigenvalue weighted by Crippen LogP contribution is 2.30. The molecule has 118 valence electrons. The Hall–Kier alpha value is -2.99. The van der Waals surface area contributed by atoms with Crippen molar-refractivity contribution in [2.75, 3.05) is 0 Å². The summed E-state index contributed by atoms with van der Waals surface area (Å²) in [6.45, 7) is 0. The van der Waals surface area contributed by atoms with Crippen LogP contribution in [-0.4, -0.2) is 25.7 Å². The van der Waals surface area contributed by atoms with Crippen molar-refractivity contribution in [1.29, 1.82) is 0 Å². The van der Waals surface area contributed by atoms with E-state index in [1.807, 2.05) is 54.7 Å². The lowest BCUT2D eigenvalue weighted by atomic mass is 10.1. The number of aliphatic carboxylic acids is 1. The van der Waals surface area contributed by atoms with Gasteiger partial charge in [0.05, 0.1) is 28.4 Å². The van der Waals surface area contributed by atoms with E-state index in [1.54, 1.807) is 10.7 Å². The van der Waals surface area contributed by atoms with Gasteiger partial charge in [0.25, 0.3) is 0 Å². The Balaban J connectivity index is 1.85. The van der Waals surface area contributed by atoms with Crippen LogP contribution in [0.2, 0.25) is 0 Å². The molecule has 1 N–H and O–H groups in total. The third-order valence-electron chi connectivity index (χ3n) is 3.70. The Labute approximate surface area is 141 Å². The maximum Gasteiger partial charge on any atom is 0.307 e. The molecule has 0 aliphatic heterocycles. The second-order valence-electron chi connectivity index (χ2n) is 5.36. The molecule has 0 radical (unpaired) electrons. The normalized spacial score (nSPS) is 12.1. The summed E-state index contributed by atoms with van der Waals surface area (Å²) < 4.78 is 2.81. The van der Waals surface area contributed by atoms with Crippen LogP contribution < -0.4 is 0 Å². The van der Waals surface area contributed by atoms with Gasteiger partial charge in [0.2, 0.25) is 0 Å². The molecule has 0 fully saturated rings. The lowest BCUT2D eigenvalue weighted by Gasteiger charge is -2.00. The van der Waals surface area contributed by atoms with Gasteiger partial charge in [0, 0.05) is 11.8 Å². The van der Waals surface area contributed by atoms with E-state index in [0.717, 1.165) is 26.3 Å². The molecule has 6 heteroatoms. The summed E-state index contributed by atoms with van der Waals surface area (Å²) in [5.74, 6) is -0.878. The molecule has 0 amide bonds. The summed E-state index contributed by atoms with van der Waals surface area (Å²) in [4.78, 5) is 15.9. The van der Waals surface area contributed by atoms with Crippen molar-refractivity contribution in [3.05, 3.63) is 65.4 Å². The van der Waals surface area contributed by atoms with E-state index in [2.05, 4.69) is 10.1 Å². The molecule has 0 atom stereocenters. The second kappa shape index (κ2) is 5.90.